The fourth-order valence-corrected chi connectivity index (χ4v) is 2.44. The first-order valence-corrected chi connectivity index (χ1v) is 7.44. The summed E-state index contributed by atoms with van der Waals surface area (Å²) in [4.78, 5) is 27.1. The Morgan fingerprint density at radius 3 is 2.25 bits per heavy atom. The number of carboxylic acid groups (broad SMARTS) is 1. The number of hydrogen-bond acceptors (Lipinski definition) is 3. The van der Waals surface area contributed by atoms with Gasteiger partial charge in [0, 0.05) is 32.7 Å². The van der Waals surface area contributed by atoms with Crippen molar-refractivity contribution in [1.29, 1.82) is 0 Å². The van der Waals surface area contributed by atoms with Crippen LogP contribution < -0.4 is 5.32 Å². The number of nitrogens with one attached hydrogen (secondary N) is 1. The molecule has 1 aliphatic rings. The number of carbonyl (C=O) groups excluding carboxylic acids is 1. The number of urea groups is 1. The predicted octanol–water partition coefficient (Wildman–Crippen LogP) is 1.22. The Bertz CT molecular complexity index is 326. The van der Waals surface area contributed by atoms with Crippen LogP contribution in [0.4, 0.5) is 4.79 Å². The number of nitrogens with zero attached hydrogens (tertiary/aromatic N) is 2. The predicted molar refractivity (Wildman–Crippen MR) is 77.7 cm³/mol. The molecular weight excluding hydrogens is 258 g/mol. The van der Waals surface area contributed by atoms with E-state index in [2.05, 4.69) is 24.1 Å². The van der Waals surface area contributed by atoms with E-state index in [-0.39, 0.29) is 6.03 Å². The number of amides is 2. The molecule has 0 unspecified atom stereocenters. The highest BCUT2D eigenvalue weighted by Crippen LogP contribution is 2.06. The van der Waals surface area contributed by atoms with Gasteiger partial charge in [0.25, 0.3) is 0 Å². The van der Waals surface area contributed by atoms with Gasteiger partial charge >= 0.3 is 12.0 Å². The third-order valence-corrected chi connectivity index (χ3v) is 3.46. The van der Waals surface area contributed by atoms with Crippen molar-refractivity contribution in [3.8, 4) is 0 Å². The normalized spacial score (nSPS) is 18.1. The lowest BCUT2D eigenvalue weighted by Gasteiger charge is -2.35. The zero-order valence-corrected chi connectivity index (χ0v) is 12.8. The molecule has 116 valence electrons. The molecule has 6 heteroatoms. The van der Waals surface area contributed by atoms with Gasteiger partial charge in [0.2, 0.25) is 0 Å². The van der Waals surface area contributed by atoms with Gasteiger partial charge in [-0.25, -0.2) is 9.59 Å². The molecular formula is C14H27N3O3. The van der Waals surface area contributed by atoms with Gasteiger partial charge in [-0.2, -0.15) is 0 Å². The van der Waals surface area contributed by atoms with E-state index < -0.39 is 12.0 Å². The number of hydrogen-bond donors (Lipinski definition) is 2. The zero-order valence-electron chi connectivity index (χ0n) is 12.8. The van der Waals surface area contributed by atoms with Gasteiger partial charge in [-0.3, -0.25) is 4.90 Å². The summed E-state index contributed by atoms with van der Waals surface area (Å²) in [6.07, 6.45) is 1.20. The van der Waals surface area contributed by atoms with Gasteiger partial charge in [0.15, 0.2) is 0 Å². The van der Waals surface area contributed by atoms with E-state index in [4.69, 9.17) is 5.11 Å². The summed E-state index contributed by atoms with van der Waals surface area (Å²) in [5.74, 6) is -0.338. The van der Waals surface area contributed by atoms with Gasteiger partial charge < -0.3 is 15.3 Å². The van der Waals surface area contributed by atoms with Crippen LogP contribution in [0, 0.1) is 5.92 Å². The molecule has 0 aromatic rings. The summed E-state index contributed by atoms with van der Waals surface area (Å²) < 4.78 is 0. The molecule has 20 heavy (non-hydrogen) atoms. The van der Waals surface area contributed by atoms with E-state index in [0.717, 1.165) is 26.1 Å². The summed E-state index contributed by atoms with van der Waals surface area (Å²) in [6, 6.07) is -1.03. The van der Waals surface area contributed by atoms with Crippen molar-refractivity contribution in [2.45, 2.75) is 39.7 Å². The molecule has 1 heterocycles. The Hall–Kier alpha value is -1.30. The van der Waals surface area contributed by atoms with Gasteiger partial charge in [0.05, 0.1) is 0 Å². The minimum absolute atomic E-state index is 0.255. The Morgan fingerprint density at radius 1 is 1.20 bits per heavy atom. The molecule has 2 amide bonds. The Balaban J connectivity index is 2.40. The number of carbonyl (C=O) groups is 2. The minimum Gasteiger partial charge on any atom is -0.480 e. The van der Waals surface area contributed by atoms with E-state index in [1.165, 1.54) is 0 Å². The van der Waals surface area contributed by atoms with E-state index in [0.29, 0.717) is 25.4 Å². The second kappa shape index (κ2) is 8.09. The van der Waals surface area contributed by atoms with Crippen LogP contribution in [-0.2, 0) is 4.79 Å². The Kier molecular flexibility index (Phi) is 6.78. The quantitative estimate of drug-likeness (QED) is 0.769. The third-order valence-electron chi connectivity index (χ3n) is 3.46. The zero-order chi connectivity index (χ0) is 15.1. The summed E-state index contributed by atoms with van der Waals surface area (Å²) >= 11 is 0. The molecule has 0 saturated carbocycles. The van der Waals surface area contributed by atoms with Crippen molar-refractivity contribution in [2.24, 2.45) is 5.92 Å². The van der Waals surface area contributed by atoms with E-state index in [1.807, 2.05) is 6.92 Å². The molecule has 0 aliphatic carbocycles. The minimum atomic E-state index is -0.960. The highest BCUT2D eigenvalue weighted by atomic mass is 16.4. The molecule has 0 bridgehead atoms. The molecule has 0 aromatic heterocycles. The van der Waals surface area contributed by atoms with Crippen LogP contribution in [0.15, 0.2) is 0 Å². The van der Waals surface area contributed by atoms with Crippen molar-refractivity contribution in [3.63, 3.8) is 0 Å². The maximum Gasteiger partial charge on any atom is 0.326 e. The second-order valence-electron chi connectivity index (χ2n) is 5.81. The van der Waals surface area contributed by atoms with Crippen LogP contribution in [0.5, 0.6) is 0 Å². The van der Waals surface area contributed by atoms with Crippen LogP contribution in [-0.4, -0.2) is 65.7 Å². The summed E-state index contributed by atoms with van der Waals surface area (Å²) in [6.45, 7) is 10.4. The molecule has 0 radical (unpaired) electrons. The molecule has 0 spiro atoms. The lowest BCUT2D eigenvalue weighted by Crippen LogP contribution is -2.54. The number of rotatable bonds is 6. The smallest absolute Gasteiger partial charge is 0.326 e. The maximum atomic E-state index is 12.0. The molecule has 6 nitrogen and oxygen atoms in total. The first-order valence-electron chi connectivity index (χ1n) is 7.44. The van der Waals surface area contributed by atoms with Crippen molar-refractivity contribution in [2.75, 3.05) is 32.7 Å². The van der Waals surface area contributed by atoms with Crippen LogP contribution in [0.2, 0.25) is 0 Å². The molecule has 0 aromatic carbocycles. The standard InChI is InChI=1S/C14H27N3O3/c1-4-5-12(13(18)19)15-14(20)17-8-6-16(7-9-17)10-11(2)3/h11-12H,4-10H2,1-3H3,(H,15,20)(H,18,19)/t12-/m0/s1. The molecule has 1 atom stereocenters. The summed E-state index contributed by atoms with van der Waals surface area (Å²) in [5.41, 5.74) is 0. The van der Waals surface area contributed by atoms with Crippen LogP contribution in [0.3, 0.4) is 0 Å². The molecule has 1 rings (SSSR count). The fourth-order valence-electron chi connectivity index (χ4n) is 2.44. The van der Waals surface area contributed by atoms with E-state index >= 15 is 0 Å². The molecule has 1 fully saturated rings. The van der Waals surface area contributed by atoms with Gasteiger partial charge in [-0.1, -0.05) is 27.2 Å². The average Bonchev–Trinajstić information content (AvgIpc) is 2.38. The molecule has 2 N–H and O–H groups in total. The van der Waals surface area contributed by atoms with Crippen molar-refractivity contribution in [1.82, 2.24) is 15.1 Å². The lowest BCUT2D eigenvalue weighted by molar-refractivity contribution is -0.139. The highest BCUT2D eigenvalue weighted by Gasteiger charge is 2.25. The van der Waals surface area contributed by atoms with Crippen molar-refractivity contribution >= 4 is 12.0 Å². The monoisotopic (exact) mass is 285 g/mol. The summed E-state index contributed by atoms with van der Waals surface area (Å²) in [7, 11) is 0. The first kappa shape index (κ1) is 16.8. The van der Waals surface area contributed by atoms with Gasteiger partial charge in [0.1, 0.15) is 6.04 Å². The largest absolute Gasteiger partial charge is 0.480 e. The average molecular weight is 285 g/mol. The van der Waals surface area contributed by atoms with Crippen LogP contribution >= 0.6 is 0 Å². The molecule has 1 saturated heterocycles. The third kappa shape index (κ3) is 5.36. The molecule has 1 aliphatic heterocycles. The van der Waals surface area contributed by atoms with Crippen molar-refractivity contribution < 1.29 is 14.7 Å². The Labute approximate surface area is 121 Å². The lowest BCUT2D eigenvalue weighted by atomic mass is 10.1. The van der Waals surface area contributed by atoms with Crippen LogP contribution in [0.25, 0.3) is 0 Å². The maximum absolute atomic E-state index is 12.0. The summed E-state index contributed by atoms with van der Waals surface area (Å²) in [5, 5.41) is 11.7. The fraction of sp³-hybridized carbons (Fsp3) is 0.857. The number of aliphatic carboxylic acids is 1. The van der Waals surface area contributed by atoms with Gasteiger partial charge in [-0.15, -0.1) is 0 Å². The van der Waals surface area contributed by atoms with E-state index in [9.17, 15) is 9.59 Å². The number of piperazine rings is 1. The van der Waals surface area contributed by atoms with E-state index in [1.54, 1.807) is 4.90 Å². The highest BCUT2D eigenvalue weighted by molar-refractivity contribution is 5.82. The van der Waals surface area contributed by atoms with Crippen LogP contribution in [0.1, 0.15) is 33.6 Å². The van der Waals surface area contributed by atoms with Crippen molar-refractivity contribution in [3.05, 3.63) is 0 Å². The first-order chi connectivity index (χ1) is 9.43. The second-order valence-corrected chi connectivity index (χ2v) is 5.81. The number of carboxylic acids is 1. The Morgan fingerprint density at radius 2 is 1.80 bits per heavy atom. The van der Waals surface area contributed by atoms with Gasteiger partial charge in [-0.05, 0) is 12.3 Å². The topological polar surface area (TPSA) is 72.9 Å². The SMILES string of the molecule is CCC[C@H](NC(=O)N1CCN(CC(C)C)CC1)C(=O)O.